The minimum atomic E-state index is -0.407. The highest BCUT2D eigenvalue weighted by Gasteiger charge is 2.10. The van der Waals surface area contributed by atoms with Crippen LogP contribution in [0.5, 0.6) is 0 Å². The Morgan fingerprint density at radius 2 is 1.34 bits per heavy atom. The molecule has 0 fully saturated rings. The van der Waals surface area contributed by atoms with Gasteiger partial charge in [-0.25, -0.2) is 0 Å². The molecule has 0 N–H and O–H groups in total. The van der Waals surface area contributed by atoms with Crippen LogP contribution in [0.4, 0.5) is 0 Å². The largest absolute Gasteiger partial charge is 0.466 e. The van der Waals surface area contributed by atoms with Crippen LogP contribution in [0.15, 0.2) is 18.2 Å². The third-order valence-corrected chi connectivity index (χ3v) is 5.28. The van der Waals surface area contributed by atoms with Crippen molar-refractivity contribution < 1.29 is 19.1 Å². The lowest BCUT2D eigenvalue weighted by Crippen LogP contribution is -2.12. The number of benzene rings is 1. The van der Waals surface area contributed by atoms with Gasteiger partial charge in [0, 0.05) is 16.5 Å². The zero-order valence-corrected chi connectivity index (χ0v) is 19.0. The molecule has 0 aliphatic rings. The van der Waals surface area contributed by atoms with E-state index in [9.17, 15) is 9.59 Å². The van der Waals surface area contributed by atoms with Crippen LogP contribution in [0.25, 0.3) is 0 Å². The van der Waals surface area contributed by atoms with Gasteiger partial charge in [-0.05, 0) is 24.1 Å². The molecule has 6 heteroatoms. The summed E-state index contributed by atoms with van der Waals surface area (Å²) in [4.78, 5) is 23.4. The minimum Gasteiger partial charge on any atom is -0.466 e. The molecule has 0 saturated carbocycles. The summed E-state index contributed by atoms with van der Waals surface area (Å²) < 4.78 is 10.3. The molecule has 0 aliphatic heterocycles. The second-order valence-electron chi connectivity index (χ2n) is 7.26. The molecule has 0 heterocycles. The molecule has 0 radical (unpaired) electrons. The first-order valence-electron chi connectivity index (χ1n) is 10.8. The molecular weight excluding hydrogens is 411 g/mol. The Hall–Kier alpha value is -1.26. The van der Waals surface area contributed by atoms with Crippen LogP contribution < -0.4 is 0 Å². The van der Waals surface area contributed by atoms with E-state index < -0.39 is 5.97 Å². The molecule has 0 spiro atoms. The Labute approximate surface area is 185 Å². The smallest absolute Gasteiger partial charge is 0.306 e. The molecule has 4 nitrogen and oxygen atoms in total. The summed E-state index contributed by atoms with van der Waals surface area (Å²) in [6, 6.07) is 5.21. The number of hydrogen-bond acceptors (Lipinski definition) is 4. The van der Waals surface area contributed by atoms with Gasteiger partial charge in [-0.1, -0.05) is 87.6 Å². The second kappa shape index (κ2) is 16.5. The summed E-state index contributed by atoms with van der Waals surface area (Å²) in [5.74, 6) is -0.752. The van der Waals surface area contributed by atoms with Crippen LogP contribution in [0, 0.1) is 0 Å². The maximum absolute atomic E-state index is 11.7. The number of halogens is 2. The maximum Gasteiger partial charge on any atom is 0.306 e. The first-order valence-corrected chi connectivity index (χ1v) is 11.5. The first kappa shape index (κ1) is 25.8. The highest BCUT2D eigenvalue weighted by atomic mass is 35.5. The van der Waals surface area contributed by atoms with Crippen molar-refractivity contribution >= 4 is 35.1 Å². The van der Waals surface area contributed by atoms with Crippen molar-refractivity contribution in [3.63, 3.8) is 0 Å². The van der Waals surface area contributed by atoms with Gasteiger partial charge in [0.2, 0.25) is 0 Å². The van der Waals surface area contributed by atoms with E-state index in [4.69, 9.17) is 32.7 Å². The van der Waals surface area contributed by atoms with E-state index in [0.29, 0.717) is 23.1 Å². The van der Waals surface area contributed by atoms with Crippen LogP contribution in [0.1, 0.15) is 83.1 Å². The number of carbonyl (C=O) groups excluding carboxylic acids is 2. The van der Waals surface area contributed by atoms with Gasteiger partial charge in [-0.15, -0.1) is 0 Å². The van der Waals surface area contributed by atoms with Gasteiger partial charge in [0.25, 0.3) is 0 Å². The summed E-state index contributed by atoms with van der Waals surface area (Å²) >= 11 is 11.9. The van der Waals surface area contributed by atoms with Crippen LogP contribution in [0.3, 0.4) is 0 Å². The van der Waals surface area contributed by atoms with Crippen molar-refractivity contribution in [1.29, 1.82) is 0 Å². The summed E-state index contributed by atoms with van der Waals surface area (Å²) in [6.07, 6.45) is 11.6. The number of carbonyl (C=O) groups is 2. The zero-order valence-electron chi connectivity index (χ0n) is 17.5. The molecule has 0 aliphatic carbocycles. The molecule has 1 aromatic carbocycles. The number of esters is 2. The highest BCUT2D eigenvalue weighted by Crippen LogP contribution is 2.21. The Morgan fingerprint density at radius 3 is 1.93 bits per heavy atom. The Kier molecular flexibility index (Phi) is 14.7. The zero-order chi connectivity index (χ0) is 21.3. The van der Waals surface area contributed by atoms with Crippen LogP contribution >= 0.6 is 23.2 Å². The van der Waals surface area contributed by atoms with Gasteiger partial charge < -0.3 is 9.47 Å². The molecule has 164 valence electrons. The molecule has 1 rings (SSSR count). The lowest BCUT2D eigenvalue weighted by Gasteiger charge is -2.07. The third kappa shape index (κ3) is 13.6. The fourth-order valence-corrected chi connectivity index (χ4v) is 3.45. The van der Waals surface area contributed by atoms with Crippen LogP contribution in [-0.4, -0.2) is 25.2 Å². The minimum absolute atomic E-state index is 0.0327. The lowest BCUT2D eigenvalue weighted by molar-refractivity contribution is -0.150. The normalized spacial score (nSPS) is 10.7. The molecule has 0 atom stereocenters. The van der Waals surface area contributed by atoms with E-state index in [1.807, 2.05) is 6.07 Å². The Morgan fingerprint density at radius 1 is 0.793 bits per heavy atom. The van der Waals surface area contributed by atoms with Gasteiger partial charge >= 0.3 is 11.9 Å². The number of ether oxygens (including phenoxy) is 2. The molecular formula is C23H34Cl2O4. The van der Waals surface area contributed by atoms with Crippen molar-refractivity contribution in [1.82, 2.24) is 0 Å². The summed E-state index contributed by atoms with van der Waals surface area (Å²) in [5, 5.41) is 1.12. The number of unbranched alkanes of at least 4 members (excludes halogenated alkanes) is 8. The van der Waals surface area contributed by atoms with Gasteiger partial charge in [0.1, 0.15) is 0 Å². The predicted octanol–water partition coefficient (Wildman–Crippen LogP) is 6.93. The summed E-state index contributed by atoms with van der Waals surface area (Å²) in [5.41, 5.74) is 0.865. The molecule has 0 amide bonds. The number of rotatable bonds is 16. The Bertz CT molecular complexity index is 605. The monoisotopic (exact) mass is 444 g/mol. The van der Waals surface area contributed by atoms with Crippen molar-refractivity contribution in [2.24, 2.45) is 0 Å². The highest BCUT2D eigenvalue weighted by molar-refractivity contribution is 6.35. The second-order valence-corrected chi connectivity index (χ2v) is 8.10. The number of hydrogen-bond donors (Lipinski definition) is 0. The molecule has 0 saturated heterocycles. The fourth-order valence-electron chi connectivity index (χ4n) is 2.95. The maximum atomic E-state index is 11.7. The van der Waals surface area contributed by atoms with Gasteiger partial charge in [0.05, 0.1) is 26.1 Å². The lowest BCUT2D eigenvalue weighted by atomic mass is 10.1. The van der Waals surface area contributed by atoms with E-state index >= 15 is 0 Å². The molecule has 29 heavy (non-hydrogen) atoms. The third-order valence-electron chi connectivity index (χ3n) is 4.69. The van der Waals surface area contributed by atoms with E-state index in [0.717, 1.165) is 18.4 Å². The van der Waals surface area contributed by atoms with Gasteiger partial charge in [0.15, 0.2) is 0 Å². The van der Waals surface area contributed by atoms with E-state index in [1.54, 1.807) is 12.1 Å². The predicted molar refractivity (Wildman–Crippen MR) is 119 cm³/mol. The van der Waals surface area contributed by atoms with E-state index in [-0.39, 0.29) is 25.4 Å². The fraction of sp³-hybridized carbons (Fsp3) is 0.652. The van der Waals surface area contributed by atoms with Crippen LogP contribution in [-0.2, 0) is 25.5 Å². The summed E-state index contributed by atoms with van der Waals surface area (Å²) in [7, 11) is 0. The van der Waals surface area contributed by atoms with Crippen molar-refractivity contribution in [2.75, 3.05) is 13.2 Å². The average molecular weight is 445 g/mol. The van der Waals surface area contributed by atoms with Crippen molar-refractivity contribution in [3.8, 4) is 0 Å². The quantitative estimate of drug-likeness (QED) is 0.204. The van der Waals surface area contributed by atoms with Crippen molar-refractivity contribution in [3.05, 3.63) is 33.8 Å². The van der Waals surface area contributed by atoms with Crippen molar-refractivity contribution in [2.45, 2.75) is 84.0 Å². The average Bonchev–Trinajstić information content (AvgIpc) is 2.69. The van der Waals surface area contributed by atoms with Gasteiger partial charge in [-0.3, -0.25) is 9.59 Å². The topological polar surface area (TPSA) is 52.6 Å². The molecule has 0 aromatic heterocycles. The van der Waals surface area contributed by atoms with Crippen LogP contribution in [0.2, 0.25) is 10.0 Å². The molecule has 0 bridgehead atoms. The Balaban J connectivity index is 1.97. The molecule has 1 aromatic rings. The standard InChI is InChI=1S/C23H34Cl2O4/c1-2-3-4-5-6-7-8-9-10-16-28-22(26)13-14-23(27)29-17-15-19-11-12-20(24)18-21(19)25/h11-12,18H,2-10,13-17H2,1H3. The first-order chi connectivity index (χ1) is 14.0. The van der Waals surface area contributed by atoms with E-state index in [2.05, 4.69) is 6.92 Å². The SMILES string of the molecule is CCCCCCCCCCCOC(=O)CCC(=O)OCCc1ccc(Cl)cc1Cl. The molecule has 0 unspecified atom stereocenters. The van der Waals surface area contributed by atoms with E-state index in [1.165, 1.54) is 44.9 Å². The van der Waals surface area contributed by atoms with Gasteiger partial charge in [-0.2, -0.15) is 0 Å². The summed E-state index contributed by atoms with van der Waals surface area (Å²) in [6.45, 7) is 2.87.